The van der Waals surface area contributed by atoms with Gasteiger partial charge in [0.2, 0.25) is 0 Å². The van der Waals surface area contributed by atoms with Gasteiger partial charge in [0.25, 0.3) is 0 Å². The van der Waals surface area contributed by atoms with Crippen LogP contribution >= 0.6 is 0 Å². The van der Waals surface area contributed by atoms with Gasteiger partial charge in [0.1, 0.15) is 0 Å². The molecule has 0 N–H and O–H groups in total. The van der Waals surface area contributed by atoms with Gasteiger partial charge in [-0.2, -0.15) is 0 Å². The Morgan fingerprint density at radius 2 is 1.55 bits per heavy atom. The van der Waals surface area contributed by atoms with Gasteiger partial charge < -0.3 is 0 Å². The third-order valence-electron chi connectivity index (χ3n) is 4.88. The van der Waals surface area contributed by atoms with Crippen molar-refractivity contribution in [1.29, 1.82) is 0 Å². The third-order valence-corrected chi connectivity index (χ3v) is 4.88. The van der Waals surface area contributed by atoms with Crippen LogP contribution in [-0.4, -0.2) is 0 Å². The molecule has 104 valence electrons. The van der Waals surface area contributed by atoms with E-state index in [0.29, 0.717) is 0 Å². The Morgan fingerprint density at radius 1 is 0.682 bits per heavy atom. The average Bonchev–Trinajstić information content (AvgIpc) is 3.01. The topological polar surface area (TPSA) is 0 Å². The highest BCUT2D eigenvalue weighted by Crippen LogP contribution is 2.34. The molecule has 4 aromatic rings. The first-order chi connectivity index (χ1) is 10.8. The van der Waals surface area contributed by atoms with E-state index in [2.05, 4.69) is 73.7 Å². The van der Waals surface area contributed by atoms with Crippen molar-refractivity contribution in [3.05, 3.63) is 77.4 Å². The van der Waals surface area contributed by atoms with Crippen molar-refractivity contribution in [2.45, 2.75) is 13.3 Å². The molecule has 0 fully saturated rings. The van der Waals surface area contributed by atoms with Gasteiger partial charge in [0, 0.05) is 0 Å². The second-order valence-corrected chi connectivity index (χ2v) is 6.33. The molecule has 1 aliphatic carbocycles. The Morgan fingerprint density at radius 3 is 2.50 bits per heavy atom. The minimum Gasteiger partial charge on any atom is -0.0795 e. The first-order valence-corrected chi connectivity index (χ1v) is 7.85. The van der Waals surface area contributed by atoms with Crippen molar-refractivity contribution >= 4 is 38.4 Å². The van der Waals surface area contributed by atoms with E-state index < -0.39 is 0 Å². The quantitative estimate of drug-likeness (QED) is 0.273. The Hall–Kier alpha value is -2.60. The molecule has 5 rings (SSSR count). The molecule has 0 unspecified atom stereocenters. The summed E-state index contributed by atoms with van der Waals surface area (Å²) in [5.41, 5.74) is 4.17. The summed E-state index contributed by atoms with van der Waals surface area (Å²) < 4.78 is 0. The van der Waals surface area contributed by atoms with E-state index in [0.717, 1.165) is 6.42 Å². The third kappa shape index (κ3) is 1.58. The molecule has 0 spiro atoms. The van der Waals surface area contributed by atoms with Crippen LogP contribution in [0.4, 0.5) is 0 Å². The largest absolute Gasteiger partial charge is 0.0795 e. The van der Waals surface area contributed by atoms with Crippen LogP contribution in [0.2, 0.25) is 0 Å². The summed E-state index contributed by atoms with van der Waals surface area (Å²) >= 11 is 0. The molecule has 1 aliphatic rings. The van der Waals surface area contributed by atoms with Gasteiger partial charge in [-0.25, -0.2) is 0 Å². The summed E-state index contributed by atoms with van der Waals surface area (Å²) in [5, 5.41) is 8.08. The van der Waals surface area contributed by atoms with Crippen LogP contribution in [0.15, 0.2) is 60.7 Å². The van der Waals surface area contributed by atoms with Gasteiger partial charge in [-0.15, -0.1) is 0 Å². The molecular weight excluding hydrogens is 264 g/mol. The van der Waals surface area contributed by atoms with E-state index in [4.69, 9.17) is 0 Å². The molecule has 0 aromatic heterocycles. The predicted octanol–water partition coefficient (Wildman–Crippen LogP) is 6.02. The molecule has 0 amide bonds. The number of benzene rings is 4. The summed E-state index contributed by atoms with van der Waals surface area (Å²) in [4.78, 5) is 0. The van der Waals surface area contributed by atoms with Gasteiger partial charge in [-0.1, -0.05) is 60.2 Å². The normalized spacial score (nSPS) is 13.3. The van der Waals surface area contributed by atoms with E-state index >= 15 is 0 Å². The van der Waals surface area contributed by atoms with E-state index in [-0.39, 0.29) is 0 Å². The predicted molar refractivity (Wildman–Crippen MR) is 96.4 cm³/mol. The molecule has 4 aromatic carbocycles. The minimum atomic E-state index is 1.07. The summed E-state index contributed by atoms with van der Waals surface area (Å²) in [6.07, 6.45) is 5.60. The Kier molecular flexibility index (Phi) is 2.29. The van der Waals surface area contributed by atoms with E-state index in [1.807, 2.05) is 0 Å². The molecule has 0 saturated carbocycles. The lowest BCUT2D eigenvalue weighted by Gasteiger charge is -2.10. The first kappa shape index (κ1) is 12.0. The van der Waals surface area contributed by atoms with Crippen molar-refractivity contribution < 1.29 is 0 Å². The Labute approximate surface area is 129 Å². The first-order valence-electron chi connectivity index (χ1n) is 7.85. The average molecular weight is 280 g/mol. The fraction of sp³-hybridized carbons (Fsp3) is 0.0909. The fourth-order valence-electron chi connectivity index (χ4n) is 3.75. The Bertz CT molecular complexity index is 1100. The molecular formula is C22H16. The molecule has 0 atom stereocenters. The SMILES string of the molecule is Cc1ccc2cc3c(ccc4c5c(ccc43)CC=C5)cc2c1. The summed E-state index contributed by atoms with van der Waals surface area (Å²) in [6.45, 7) is 2.15. The maximum Gasteiger partial charge on any atom is -0.00879 e. The smallest absolute Gasteiger partial charge is 0.00879 e. The van der Waals surface area contributed by atoms with Crippen molar-refractivity contribution in [2.24, 2.45) is 0 Å². The van der Waals surface area contributed by atoms with Crippen LogP contribution in [0.3, 0.4) is 0 Å². The second-order valence-electron chi connectivity index (χ2n) is 6.33. The second kappa shape index (κ2) is 4.20. The van der Waals surface area contributed by atoms with Gasteiger partial charge in [-0.05, 0) is 68.9 Å². The van der Waals surface area contributed by atoms with Gasteiger partial charge in [-0.3, -0.25) is 0 Å². The van der Waals surface area contributed by atoms with E-state index in [1.165, 1.54) is 49.0 Å². The number of rotatable bonds is 0. The van der Waals surface area contributed by atoms with Crippen LogP contribution in [0.25, 0.3) is 38.4 Å². The zero-order chi connectivity index (χ0) is 14.7. The van der Waals surface area contributed by atoms with Crippen molar-refractivity contribution in [2.75, 3.05) is 0 Å². The number of hydrogen-bond donors (Lipinski definition) is 0. The fourth-order valence-corrected chi connectivity index (χ4v) is 3.75. The molecule has 0 saturated heterocycles. The lowest BCUT2D eigenvalue weighted by atomic mass is 9.94. The standard InChI is InChI=1S/C22H16/c1-14-5-6-16-13-22-17(12-18(16)11-14)8-10-20-19-4-2-3-15(19)7-9-21(20)22/h2,4-13H,3H2,1H3. The summed E-state index contributed by atoms with van der Waals surface area (Å²) in [7, 11) is 0. The minimum absolute atomic E-state index is 1.07. The highest BCUT2D eigenvalue weighted by molar-refractivity contribution is 6.14. The maximum absolute atomic E-state index is 2.34. The van der Waals surface area contributed by atoms with Gasteiger partial charge in [0.15, 0.2) is 0 Å². The van der Waals surface area contributed by atoms with E-state index in [9.17, 15) is 0 Å². The van der Waals surface area contributed by atoms with Crippen LogP contribution in [0, 0.1) is 6.92 Å². The van der Waals surface area contributed by atoms with Crippen LogP contribution in [0.1, 0.15) is 16.7 Å². The van der Waals surface area contributed by atoms with Gasteiger partial charge >= 0.3 is 0 Å². The molecule has 0 nitrogen and oxygen atoms in total. The number of allylic oxidation sites excluding steroid dienone is 1. The van der Waals surface area contributed by atoms with E-state index in [1.54, 1.807) is 0 Å². The molecule has 0 heterocycles. The van der Waals surface area contributed by atoms with Crippen LogP contribution < -0.4 is 0 Å². The lowest BCUT2D eigenvalue weighted by Crippen LogP contribution is -1.86. The number of fused-ring (bicyclic) bond motifs is 6. The van der Waals surface area contributed by atoms with Crippen molar-refractivity contribution in [3.8, 4) is 0 Å². The summed E-state index contributed by atoms with van der Waals surface area (Å²) in [5.74, 6) is 0. The highest BCUT2D eigenvalue weighted by Gasteiger charge is 2.11. The van der Waals surface area contributed by atoms with Crippen LogP contribution in [-0.2, 0) is 6.42 Å². The molecule has 0 bridgehead atoms. The number of hydrogen-bond acceptors (Lipinski definition) is 0. The molecule has 22 heavy (non-hydrogen) atoms. The van der Waals surface area contributed by atoms with Gasteiger partial charge in [0.05, 0.1) is 0 Å². The number of aryl methyl sites for hydroxylation is 1. The zero-order valence-corrected chi connectivity index (χ0v) is 12.6. The maximum atomic E-state index is 2.34. The molecule has 0 aliphatic heterocycles. The van der Waals surface area contributed by atoms with Crippen molar-refractivity contribution in [3.63, 3.8) is 0 Å². The molecule has 0 heteroatoms. The van der Waals surface area contributed by atoms with Crippen LogP contribution in [0.5, 0.6) is 0 Å². The monoisotopic (exact) mass is 280 g/mol. The summed E-state index contributed by atoms with van der Waals surface area (Å²) in [6, 6.07) is 20.5. The highest BCUT2D eigenvalue weighted by atomic mass is 14.1. The Balaban J connectivity index is 1.96. The lowest BCUT2D eigenvalue weighted by molar-refractivity contribution is 1.32. The van der Waals surface area contributed by atoms with Crippen molar-refractivity contribution in [1.82, 2.24) is 0 Å². The zero-order valence-electron chi connectivity index (χ0n) is 12.6. The molecule has 0 radical (unpaired) electrons.